The monoisotopic (exact) mass is 419 g/mol. The highest BCUT2D eigenvalue weighted by atomic mass is 32.2. The molecule has 0 spiro atoms. The molecule has 1 rings (SSSR count). The molecule has 1 aromatic rings. The summed E-state index contributed by atoms with van der Waals surface area (Å²) >= 11 is 0. The van der Waals surface area contributed by atoms with Gasteiger partial charge in [-0.3, -0.25) is 14.3 Å². The Bertz CT molecular complexity index is 834. The second kappa shape index (κ2) is 10.7. The first-order chi connectivity index (χ1) is 13.1. The smallest absolute Gasteiger partial charge is 0.345 e. The molecule has 0 radical (unpaired) electrons. The number of ether oxygens (including phenoxy) is 3. The number of hydrogen-bond donors (Lipinski definition) is 0. The Labute approximate surface area is 161 Å². The number of carbonyl (C=O) groups is 2. The Morgan fingerprint density at radius 2 is 1.71 bits per heavy atom. The number of rotatable bonds is 11. The standard InChI is InChI=1S/C16H21NO10S/c1-24-15(18)12-9-11(5-8-26-6-4-7-27-28(3,22)23)10-13(17(20)21)14(12)16(19)25-2/h9-10H,4-8H2,1-3H3. The number of nitro groups is 1. The molecule has 0 bridgehead atoms. The van der Waals surface area contributed by atoms with Crippen molar-refractivity contribution in [1.29, 1.82) is 0 Å². The Balaban J connectivity index is 2.87. The lowest BCUT2D eigenvalue weighted by atomic mass is 10.00. The maximum Gasteiger partial charge on any atom is 0.345 e. The predicted molar refractivity (Wildman–Crippen MR) is 95.7 cm³/mol. The first-order valence-corrected chi connectivity index (χ1v) is 9.82. The van der Waals surface area contributed by atoms with Gasteiger partial charge in [-0.2, -0.15) is 8.42 Å². The van der Waals surface area contributed by atoms with Crippen molar-refractivity contribution in [1.82, 2.24) is 0 Å². The van der Waals surface area contributed by atoms with Crippen LogP contribution in [0.1, 0.15) is 32.7 Å². The van der Waals surface area contributed by atoms with Crippen LogP contribution in [0.25, 0.3) is 0 Å². The number of hydrogen-bond acceptors (Lipinski definition) is 10. The largest absolute Gasteiger partial charge is 0.465 e. The van der Waals surface area contributed by atoms with E-state index in [0.717, 1.165) is 26.5 Å². The molecule has 28 heavy (non-hydrogen) atoms. The van der Waals surface area contributed by atoms with Crippen molar-refractivity contribution in [3.63, 3.8) is 0 Å². The SMILES string of the molecule is COC(=O)c1cc(CCOCCCOS(C)(=O)=O)cc([N+](=O)[O-])c1C(=O)OC. The molecule has 11 nitrogen and oxygen atoms in total. The lowest BCUT2D eigenvalue weighted by molar-refractivity contribution is -0.385. The number of carbonyl (C=O) groups excluding carboxylic acids is 2. The second-order valence-electron chi connectivity index (χ2n) is 5.52. The van der Waals surface area contributed by atoms with E-state index in [1.54, 1.807) is 0 Å². The molecule has 0 atom stereocenters. The quantitative estimate of drug-likeness (QED) is 0.168. The summed E-state index contributed by atoms with van der Waals surface area (Å²) in [7, 11) is -1.37. The third kappa shape index (κ3) is 7.21. The fraction of sp³-hybridized carbons (Fsp3) is 0.500. The summed E-state index contributed by atoms with van der Waals surface area (Å²) < 4.78 is 40.6. The van der Waals surface area contributed by atoms with Gasteiger partial charge in [0.25, 0.3) is 15.8 Å². The number of nitrogens with zero attached hydrogens (tertiary/aromatic N) is 1. The van der Waals surface area contributed by atoms with Gasteiger partial charge < -0.3 is 14.2 Å². The zero-order chi connectivity index (χ0) is 21.3. The van der Waals surface area contributed by atoms with Gasteiger partial charge in [0.15, 0.2) is 5.56 Å². The van der Waals surface area contributed by atoms with E-state index >= 15 is 0 Å². The molecular formula is C16H21NO10S. The third-order valence-corrected chi connectivity index (χ3v) is 4.03. The minimum atomic E-state index is -3.50. The fourth-order valence-electron chi connectivity index (χ4n) is 2.22. The molecule has 0 fully saturated rings. The van der Waals surface area contributed by atoms with Crippen LogP contribution in [0, 0.1) is 10.1 Å². The Morgan fingerprint density at radius 3 is 2.25 bits per heavy atom. The molecule has 0 amide bonds. The zero-order valence-electron chi connectivity index (χ0n) is 15.6. The van der Waals surface area contributed by atoms with E-state index in [4.69, 9.17) is 4.74 Å². The van der Waals surface area contributed by atoms with Gasteiger partial charge in [0.05, 0.1) is 44.2 Å². The summed E-state index contributed by atoms with van der Waals surface area (Å²) in [5.74, 6) is -1.94. The first-order valence-electron chi connectivity index (χ1n) is 8.00. The summed E-state index contributed by atoms with van der Waals surface area (Å²) in [6.45, 7) is 0.334. The molecule has 0 aromatic heterocycles. The van der Waals surface area contributed by atoms with E-state index in [2.05, 4.69) is 13.7 Å². The van der Waals surface area contributed by atoms with Crippen molar-refractivity contribution in [3.05, 3.63) is 38.9 Å². The van der Waals surface area contributed by atoms with Crippen LogP contribution in [0.15, 0.2) is 12.1 Å². The molecule has 0 saturated heterocycles. The van der Waals surface area contributed by atoms with Crippen molar-refractivity contribution in [3.8, 4) is 0 Å². The molecule has 1 aromatic carbocycles. The highest BCUT2D eigenvalue weighted by Crippen LogP contribution is 2.27. The Hall–Kier alpha value is -2.57. The normalized spacial score (nSPS) is 11.1. The number of nitro benzene ring substituents is 1. The van der Waals surface area contributed by atoms with E-state index in [-0.39, 0.29) is 31.8 Å². The van der Waals surface area contributed by atoms with Crippen molar-refractivity contribution >= 4 is 27.7 Å². The summed E-state index contributed by atoms with van der Waals surface area (Å²) in [6.07, 6.45) is 1.48. The van der Waals surface area contributed by atoms with Crippen LogP contribution in [0.4, 0.5) is 5.69 Å². The molecule has 0 aliphatic rings. The van der Waals surface area contributed by atoms with E-state index in [0.29, 0.717) is 12.0 Å². The molecule has 0 unspecified atom stereocenters. The molecule has 0 heterocycles. The minimum absolute atomic E-state index is 0.0232. The summed E-state index contributed by atoms with van der Waals surface area (Å²) in [6, 6.07) is 2.47. The van der Waals surface area contributed by atoms with Gasteiger partial charge in [0.2, 0.25) is 0 Å². The summed E-state index contributed by atoms with van der Waals surface area (Å²) in [5.41, 5.74) is -0.958. The second-order valence-corrected chi connectivity index (χ2v) is 7.16. The van der Waals surface area contributed by atoms with Crippen LogP contribution >= 0.6 is 0 Å². The summed E-state index contributed by atoms with van der Waals surface area (Å²) in [4.78, 5) is 34.4. The van der Waals surface area contributed by atoms with Crippen LogP contribution in [0.3, 0.4) is 0 Å². The molecule has 0 saturated carbocycles. The maximum atomic E-state index is 12.0. The van der Waals surface area contributed by atoms with Crippen molar-refractivity contribution in [2.45, 2.75) is 12.8 Å². The molecule has 0 N–H and O–H groups in total. The predicted octanol–water partition coefficient (Wildman–Crippen LogP) is 1.09. The maximum absolute atomic E-state index is 12.0. The molecule has 156 valence electrons. The Morgan fingerprint density at radius 1 is 1.07 bits per heavy atom. The minimum Gasteiger partial charge on any atom is -0.465 e. The average molecular weight is 419 g/mol. The van der Waals surface area contributed by atoms with Crippen molar-refractivity contribution < 1.29 is 41.3 Å². The lowest BCUT2D eigenvalue weighted by Gasteiger charge is -2.10. The van der Waals surface area contributed by atoms with Gasteiger partial charge >= 0.3 is 11.9 Å². The summed E-state index contributed by atoms with van der Waals surface area (Å²) in [5, 5.41) is 11.3. The lowest BCUT2D eigenvalue weighted by Crippen LogP contribution is -2.15. The van der Waals surface area contributed by atoms with Gasteiger partial charge in [0.1, 0.15) is 0 Å². The molecule has 12 heteroatoms. The van der Waals surface area contributed by atoms with Gasteiger partial charge in [-0.25, -0.2) is 9.59 Å². The van der Waals surface area contributed by atoms with Crippen LogP contribution in [-0.4, -0.2) is 65.6 Å². The highest BCUT2D eigenvalue weighted by molar-refractivity contribution is 7.85. The number of methoxy groups -OCH3 is 2. The van der Waals surface area contributed by atoms with Crippen molar-refractivity contribution in [2.24, 2.45) is 0 Å². The van der Waals surface area contributed by atoms with E-state index < -0.39 is 38.2 Å². The molecule has 0 aliphatic carbocycles. The van der Waals surface area contributed by atoms with Crippen LogP contribution in [0.5, 0.6) is 0 Å². The number of benzene rings is 1. The van der Waals surface area contributed by atoms with Gasteiger partial charge in [-0.1, -0.05) is 0 Å². The van der Waals surface area contributed by atoms with E-state index in [1.807, 2.05) is 0 Å². The van der Waals surface area contributed by atoms with Crippen molar-refractivity contribution in [2.75, 3.05) is 40.3 Å². The molecule has 0 aliphatic heterocycles. The number of esters is 2. The van der Waals surface area contributed by atoms with Gasteiger partial charge in [0, 0.05) is 12.7 Å². The first kappa shape index (κ1) is 23.5. The van der Waals surface area contributed by atoms with Crippen LogP contribution in [0.2, 0.25) is 0 Å². The van der Waals surface area contributed by atoms with E-state index in [9.17, 15) is 28.1 Å². The highest BCUT2D eigenvalue weighted by Gasteiger charge is 2.29. The zero-order valence-corrected chi connectivity index (χ0v) is 16.4. The van der Waals surface area contributed by atoms with Gasteiger partial charge in [-0.15, -0.1) is 0 Å². The molecular weight excluding hydrogens is 398 g/mol. The van der Waals surface area contributed by atoms with Crippen LogP contribution in [-0.2, 0) is 34.9 Å². The van der Waals surface area contributed by atoms with Gasteiger partial charge in [-0.05, 0) is 24.5 Å². The third-order valence-electron chi connectivity index (χ3n) is 3.43. The average Bonchev–Trinajstić information content (AvgIpc) is 2.64. The topological polar surface area (TPSA) is 148 Å². The fourth-order valence-corrected chi connectivity index (χ4v) is 2.64. The Kier molecular flexibility index (Phi) is 8.96. The van der Waals surface area contributed by atoms with Crippen LogP contribution < -0.4 is 0 Å². The van der Waals surface area contributed by atoms with E-state index in [1.165, 1.54) is 6.07 Å².